The number of carbonyl (C=O) groups is 2. The first-order valence-electron chi connectivity index (χ1n) is 12.8. The molecule has 0 bridgehead atoms. The fourth-order valence-electron chi connectivity index (χ4n) is 4.62. The van der Waals surface area contributed by atoms with Crippen molar-refractivity contribution in [1.82, 2.24) is 9.55 Å². The monoisotopic (exact) mass is 578 g/mol. The molecule has 0 spiro atoms. The van der Waals surface area contributed by atoms with Crippen LogP contribution in [0, 0.1) is 0 Å². The summed E-state index contributed by atoms with van der Waals surface area (Å²) in [5.41, 5.74) is 1.04. The number of benzene rings is 2. The number of rotatable bonds is 12. The number of hydrogen-bond donors (Lipinski definition) is 2. The van der Waals surface area contributed by atoms with Crippen LogP contribution in [0.15, 0.2) is 53.3 Å². The van der Waals surface area contributed by atoms with Crippen LogP contribution in [0.5, 0.6) is 23.0 Å². The number of aliphatic hydroxyl groups is 1. The summed E-state index contributed by atoms with van der Waals surface area (Å²) >= 11 is 0. The van der Waals surface area contributed by atoms with E-state index in [1.807, 2.05) is 0 Å². The average Bonchev–Trinajstić information content (AvgIpc) is 3.01. The Morgan fingerprint density at radius 2 is 1.60 bits per heavy atom. The number of aliphatic carboxylic acids is 1. The molecule has 2 heterocycles. The van der Waals surface area contributed by atoms with Gasteiger partial charge in [0.25, 0.3) is 5.56 Å². The van der Waals surface area contributed by atoms with Crippen LogP contribution < -0.4 is 24.5 Å². The third kappa shape index (κ3) is 5.98. The molecule has 0 radical (unpaired) electrons. The molecule has 0 fully saturated rings. The van der Waals surface area contributed by atoms with Crippen molar-refractivity contribution >= 4 is 22.7 Å². The molecule has 2 aromatic heterocycles. The van der Waals surface area contributed by atoms with Crippen molar-refractivity contribution in [1.29, 1.82) is 0 Å². The molecule has 2 N–H and O–H groups in total. The lowest BCUT2D eigenvalue weighted by atomic mass is 9.95. The summed E-state index contributed by atoms with van der Waals surface area (Å²) < 4.78 is 28.5. The molecule has 42 heavy (non-hydrogen) atoms. The molecule has 12 nitrogen and oxygen atoms in total. The predicted molar refractivity (Wildman–Crippen MR) is 151 cm³/mol. The van der Waals surface area contributed by atoms with Gasteiger partial charge in [-0.2, -0.15) is 0 Å². The SMILES string of the molecule is COC(=O)c1c(-c2cc(OC)c(OC)c(OC)c2)c2ccc(OCc3cccc(CO)n3)cc2c(=O)n1CCC(=O)O. The Morgan fingerprint density at radius 1 is 0.905 bits per heavy atom. The molecule has 220 valence electrons. The van der Waals surface area contributed by atoms with E-state index in [1.54, 1.807) is 42.5 Å². The van der Waals surface area contributed by atoms with Crippen molar-refractivity contribution in [2.75, 3.05) is 28.4 Å². The van der Waals surface area contributed by atoms with Gasteiger partial charge in [-0.3, -0.25) is 14.6 Å². The van der Waals surface area contributed by atoms with Crippen LogP contribution in [0.25, 0.3) is 21.9 Å². The molecule has 0 aliphatic rings. The van der Waals surface area contributed by atoms with Gasteiger partial charge in [-0.15, -0.1) is 0 Å². The summed E-state index contributed by atoms with van der Waals surface area (Å²) in [5, 5.41) is 19.3. The minimum absolute atomic E-state index is 0.0620. The fraction of sp³-hybridized carbons (Fsp3) is 0.267. The molecule has 12 heteroatoms. The Morgan fingerprint density at radius 3 is 2.19 bits per heavy atom. The highest BCUT2D eigenvalue weighted by molar-refractivity contribution is 6.07. The lowest BCUT2D eigenvalue weighted by molar-refractivity contribution is -0.137. The van der Waals surface area contributed by atoms with Crippen molar-refractivity contribution in [3.63, 3.8) is 0 Å². The molecular weight excluding hydrogens is 548 g/mol. The van der Waals surface area contributed by atoms with Gasteiger partial charge in [-0.25, -0.2) is 4.79 Å². The third-order valence-electron chi connectivity index (χ3n) is 6.54. The van der Waals surface area contributed by atoms with E-state index in [2.05, 4.69) is 4.98 Å². The average molecular weight is 579 g/mol. The lowest BCUT2D eigenvalue weighted by Crippen LogP contribution is -2.29. The molecule has 0 aliphatic carbocycles. The molecular formula is C30H30N2O10. The Labute approximate surface area is 240 Å². The zero-order chi connectivity index (χ0) is 30.4. The van der Waals surface area contributed by atoms with E-state index in [9.17, 15) is 24.6 Å². The summed E-state index contributed by atoms with van der Waals surface area (Å²) in [7, 11) is 5.53. The number of fused-ring (bicyclic) bond motifs is 1. The van der Waals surface area contributed by atoms with Crippen molar-refractivity contribution in [3.05, 3.63) is 76.0 Å². The standard InChI is InChI=1S/C30H30N2O10/c1-38-23-12-17(13-24(39-2)28(23)40-3)26-21-9-8-20(42-16-19-7-5-6-18(15-33)31-19)14-22(21)29(36)32(11-10-25(34)35)27(26)30(37)41-4/h5-9,12-14,33H,10-11,15-16H2,1-4H3,(H,34,35). The van der Waals surface area contributed by atoms with Gasteiger partial charge in [0.2, 0.25) is 5.75 Å². The second-order valence-corrected chi connectivity index (χ2v) is 9.00. The number of esters is 1. The summed E-state index contributed by atoms with van der Waals surface area (Å²) in [4.78, 5) is 42.8. The second-order valence-electron chi connectivity index (χ2n) is 9.00. The van der Waals surface area contributed by atoms with Gasteiger partial charge in [-0.05, 0) is 53.4 Å². The van der Waals surface area contributed by atoms with E-state index in [0.717, 1.165) is 4.57 Å². The smallest absolute Gasteiger partial charge is 0.355 e. The van der Waals surface area contributed by atoms with Crippen molar-refractivity contribution in [3.8, 4) is 34.1 Å². The van der Waals surface area contributed by atoms with Crippen molar-refractivity contribution in [2.24, 2.45) is 0 Å². The molecule has 4 rings (SSSR count). The van der Waals surface area contributed by atoms with Crippen LogP contribution in [0.4, 0.5) is 0 Å². The number of aliphatic hydroxyl groups excluding tert-OH is 1. The van der Waals surface area contributed by atoms with Gasteiger partial charge in [0.05, 0.1) is 58.2 Å². The number of nitrogens with zero attached hydrogens (tertiary/aromatic N) is 2. The maximum Gasteiger partial charge on any atom is 0.355 e. The number of carboxylic acid groups (broad SMARTS) is 1. The molecule has 0 unspecified atom stereocenters. The molecule has 0 saturated heterocycles. The number of aromatic nitrogens is 2. The molecule has 0 saturated carbocycles. The van der Waals surface area contributed by atoms with E-state index in [1.165, 1.54) is 34.5 Å². The minimum atomic E-state index is -1.15. The second kappa shape index (κ2) is 13.0. The van der Waals surface area contributed by atoms with Gasteiger partial charge in [-0.1, -0.05) is 6.07 Å². The van der Waals surface area contributed by atoms with E-state index >= 15 is 0 Å². The molecule has 2 aromatic carbocycles. The number of ether oxygens (including phenoxy) is 5. The quantitative estimate of drug-likeness (QED) is 0.238. The van der Waals surface area contributed by atoms with Gasteiger partial charge in [0.15, 0.2) is 11.5 Å². The Bertz CT molecular complexity index is 1670. The van der Waals surface area contributed by atoms with Crippen molar-refractivity contribution in [2.45, 2.75) is 26.2 Å². The Balaban J connectivity index is 1.98. The number of carbonyl (C=O) groups excluding carboxylic acids is 1. The maximum atomic E-state index is 13.8. The van der Waals surface area contributed by atoms with Gasteiger partial charge in [0.1, 0.15) is 18.1 Å². The molecule has 4 aromatic rings. The minimum Gasteiger partial charge on any atom is -0.493 e. The molecule has 0 aliphatic heterocycles. The zero-order valence-corrected chi connectivity index (χ0v) is 23.5. The number of carboxylic acids is 1. The van der Waals surface area contributed by atoms with E-state index < -0.39 is 23.9 Å². The first kappa shape index (κ1) is 29.9. The first-order valence-corrected chi connectivity index (χ1v) is 12.8. The van der Waals surface area contributed by atoms with Crippen LogP contribution in [0.2, 0.25) is 0 Å². The Kier molecular flexibility index (Phi) is 9.28. The first-order chi connectivity index (χ1) is 20.3. The topological polar surface area (TPSA) is 156 Å². The highest BCUT2D eigenvalue weighted by Gasteiger charge is 2.27. The maximum absolute atomic E-state index is 13.8. The Hall–Kier alpha value is -5.10. The number of hydrogen-bond acceptors (Lipinski definition) is 10. The van der Waals surface area contributed by atoms with Crippen LogP contribution in [0.1, 0.15) is 28.3 Å². The number of methoxy groups -OCH3 is 4. The van der Waals surface area contributed by atoms with Gasteiger partial charge < -0.3 is 38.5 Å². The molecule has 0 atom stereocenters. The van der Waals surface area contributed by atoms with E-state index in [4.69, 9.17) is 23.7 Å². The summed E-state index contributed by atoms with van der Waals surface area (Å²) in [5.74, 6) is -0.725. The van der Waals surface area contributed by atoms with Crippen LogP contribution in [-0.4, -0.2) is 60.1 Å². The van der Waals surface area contributed by atoms with Gasteiger partial charge >= 0.3 is 11.9 Å². The van der Waals surface area contributed by atoms with Gasteiger partial charge in [0, 0.05) is 12.1 Å². The lowest BCUT2D eigenvalue weighted by Gasteiger charge is -2.20. The summed E-state index contributed by atoms with van der Waals surface area (Å²) in [6.07, 6.45) is -0.423. The van der Waals surface area contributed by atoms with Crippen molar-refractivity contribution < 1.29 is 43.5 Å². The molecule has 0 amide bonds. The highest BCUT2D eigenvalue weighted by atomic mass is 16.5. The third-order valence-corrected chi connectivity index (χ3v) is 6.54. The zero-order valence-electron chi connectivity index (χ0n) is 23.5. The predicted octanol–water partition coefficient (Wildman–Crippen LogP) is 3.42. The van der Waals surface area contributed by atoms with Crippen LogP contribution >= 0.6 is 0 Å². The fourth-order valence-corrected chi connectivity index (χ4v) is 4.62. The number of pyridine rings is 2. The van der Waals surface area contributed by atoms with E-state index in [0.29, 0.717) is 50.9 Å². The highest BCUT2D eigenvalue weighted by Crippen LogP contribution is 2.43. The van der Waals surface area contributed by atoms with Crippen LogP contribution in [0.3, 0.4) is 0 Å². The largest absolute Gasteiger partial charge is 0.493 e. The van der Waals surface area contributed by atoms with E-state index in [-0.39, 0.29) is 30.8 Å². The summed E-state index contributed by atoms with van der Waals surface area (Å²) in [6.45, 7) is -0.451. The van der Waals surface area contributed by atoms with Crippen LogP contribution in [-0.2, 0) is 29.3 Å². The summed E-state index contributed by atoms with van der Waals surface area (Å²) in [6, 6.07) is 13.2. The normalized spacial score (nSPS) is 10.8.